The summed E-state index contributed by atoms with van der Waals surface area (Å²) in [6.45, 7) is 19.1. The molecule has 0 aliphatic rings. The average molecular weight is 1210 g/mol. The number of rotatable bonds is 45. The Morgan fingerprint density at radius 2 is 0.612 bits per heavy atom. The predicted octanol–water partition coefficient (Wildman–Crippen LogP) is -2.61. The Kier molecular flexibility index (Phi) is 39.4. The number of primary amides is 1. The molecule has 0 fully saturated rings. The predicted molar refractivity (Wildman–Crippen MR) is 329 cm³/mol. The molecule has 0 saturated carbocycles. The van der Waals surface area contributed by atoms with Crippen molar-refractivity contribution in [3.63, 3.8) is 0 Å². The third kappa shape index (κ3) is 34.6. The smallest absolute Gasteiger partial charge is 0.243 e. The third-order valence-electron chi connectivity index (χ3n) is 13.3. The first-order valence-corrected chi connectivity index (χ1v) is 30.1. The van der Waals surface area contributed by atoms with Crippen molar-refractivity contribution in [2.75, 3.05) is 32.7 Å². The minimum absolute atomic E-state index is 0.00392. The molecule has 29 heteroatoms. The first-order valence-electron chi connectivity index (χ1n) is 30.1. The molecular weight excluding hydrogens is 1100 g/mol. The summed E-state index contributed by atoms with van der Waals surface area (Å²) in [7, 11) is 0. The molecule has 0 aromatic heterocycles. The third-order valence-corrected chi connectivity index (χ3v) is 13.3. The van der Waals surface area contributed by atoms with E-state index in [1.807, 2.05) is 55.4 Å². The average Bonchev–Trinajstić information content (AvgIpc) is 3.42. The second-order valence-electron chi connectivity index (χ2n) is 23.7. The van der Waals surface area contributed by atoms with E-state index in [1.165, 1.54) is 0 Å². The van der Waals surface area contributed by atoms with E-state index in [-0.39, 0.29) is 132 Å². The molecule has 0 aliphatic carbocycles. The summed E-state index contributed by atoms with van der Waals surface area (Å²) in [5.74, 6) is -8.32. The van der Waals surface area contributed by atoms with E-state index in [1.54, 1.807) is 13.8 Å². The van der Waals surface area contributed by atoms with Crippen LogP contribution >= 0.6 is 0 Å². The Morgan fingerprint density at radius 3 is 0.918 bits per heavy atom. The van der Waals surface area contributed by atoms with Crippen LogP contribution in [0.1, 0.15) is 166 Å². The van der Waals surface area contributed by atoms with E-state index in [9.17, 15) is 47.9 Å². The minimum atomic E-state index is -1.34. The number of unbranched alkanes of at least 4 members (excludes halogenated alkanes) is 2. The number of carbonyl (C=O) groups is 10. The molecular formula is C56H109N19O10. The molecule has 25 N–H and O–H groups in total. The maximum absolute atomic E-state index is 14.5. The maximum Gasteiger partial charge on any atom is 0.243 e. The Labute approximate surface area is 503 Å². The fourth-order valence-electron chi connectivity index (χ4n) is 8.98. The Hall–Kier alpha value is -6.88. The fourth-order valence-corrected chi connectivity index (χ4v) is 8.98. The largest absolute Gasteiger partial charge is 0.370 e. The Bertz CT molecular complexity index is 2150. The quantitative estimate of drug-likeness (QED) is 0.0169. The molecule has 0 spiro atoms. The summed E-state index contributed by atoms with van der Waals surface area (Å²) < 4.78 is 0. The number of nitrogens with zero attached hydrogens (tertiary/aromatic N) is 2. The van der Waals surface area contributed by atoms with E-state index in [2.05, 4.69) is 57.8 Å². The van der Waals surface area contributed by atoms with Crippen molar-refractivity contribution in [1.82, 2.24) is 47.9 Å². The molecule has 0 aromatic rings. The lowest BCUT2D eigenvalue weighted by Gasteiger charge is -2.30. The van der Waals surface area contributed by atoms with Crippen LogP contribution in [0.2, 0.25) is 0 Å². The van der Waals surface area contributed by atoms with Gasteiger partial charge in [-0.1, -0.05) is 69.2 Å². The highest BCUT2D eigenvalue weighted by atomic mass is 16.2. The number of nitrogens with one attached hydrogen (secondary N) is 9. The number of amides is 10. The van der Waals surface area contributed by atoms with Crippen LogP contribution in [0.5, 0.6) is 0 Å². The van der Waals surface area contributed by atoms with Crippen molar-refractivity contribution in [1.29, 1.82) is 0 Å². The molecule has 0 heterocycles. The molecule has 10 amide bonds. The fraction of sp³-hybridized carbons (Fsp3) is 0.786. The zero-order valence-electron chi connectivity index (χ0n) is 52.3. The number of hydrogen-bond acceptors (Lipinski definition) is 15. The van der Waals surface area contributed by atoms with Crippen molar-refractivity contribution in [3.8, 4) is 0 Å². The molecule has 0 bridgehead atoms. The molecule has 9 atom stereocenters. The van der Waals surface area contributed by atoms with Crippen molar-refractivity contribution < 1.29 is 47.9 Å². The van der Waals surface area contributed by atoms with Gasteiger partial charge in [0.2, 0.25) is 59.1 Å². The topological polar surface area (TPSA) is 512 Å². The van der Waals surface area contributed by atoms with Crippen molar-refractivity contribution in [2.24, 2.45) is 85.4 Å². The van der Waals surface area contributed by atoms with Gasteiger partial charge in [0.1, 0.15) is 54.4 Å². The van der Waals surface area contributed by atoms with Gasteiger partial charge >= 0.3 is 0 Å². The highest BCUT2D eigenvalue weighted by Gasteiger charge is 2.36. The molecule has 0 rings (SSSR count). The van der Waals surface area contributed by atoms with Gasteiger partial charge in [0.15, 0.2) is 11.9 Å². The van der Waals surface area contributed by atoms with Gasteiger partial charge in [-0.3, -0.25) is 57.9 Å². The van der Waals surface area contributed by atoms with Crippen LogP contribution in [0.3, 0.4) is 0 Å². The maximum atomic E-state index is 14.5. The summed E-state index contributed by atoms with van der Waals surface area (Å²) in [6.07, 6.45) is 3.24. The SMILES string of the molecule is CC(C)C[C@H](NC(=O)CCN)C(=O)N[C@@H](CC(C)C)C(=O)N[C@@H](CC(C)C)C(=O)N[C@@H](CC(C)C)C(=O)N[C@@H](CCCN=C(N)N)C(=O)N[C@H](C(=O)N[C@@H](CCCCN)C(=O)N[C@@H](CCCN=C(N)N)C(=O)N[C@@H](CCCCN)C(N)=O)C(C)C. The zero-order chi connectivity index (χ0) is 64.9. The van der Waals surface area contributed by atoms with Gasteiger partial charge < -0.3 is 93.7 Å². The lowest BCUT2D eigenvalue weighted by atomic mass is 9.97. The zero-order valence-corrected chi connectivity index (χ0v) is 52.3. The van der Waals surface area contributed by atoms with Gasteiger partial charge in [-0.25, -0.2) is 0 Å². The Balaban J connectivity index is 7.02. The van der Waals surface area contributed by atoms with Crippen molar-refractivity contribution in [2.45, 2.75) is 220 Å². The molecule has 0 unspecified atom stereocenters. The van der Waals surface area contributed by atoms with E-state index >= 15 is 0 Å². The number of aliphatic imine (C=N–C) groups is 2. The number of hydrogen-bond donors (Lipinski definition) is 17. The molecule has 0 aromatic carbocycles. The molecule has 488 valence electrons. The summed E-state index contributed by atoms with van der Waals surface area (Å²) in [5.41, 5.74) is 44.8. The van der Waals surface area contributed by atoms with Crippen molar-refractivity contribution >= 4 is 71.0 Å². The van der Waals surface area contributed by atoms with Gasteiger partial charge in [0, 0.05) is 26.1 Å². The van der Waals surface area contributed by atoms with Gasteiger partial charge in [0.05, 0.1) is 0 Å². The van der Waals surface area contributed by atoms with Crippen molar-refractivity contribution in [3.05, 3.63) is 0 Å². The van der Waals surface area contributed by atoms with Gasteiger partial charge in [-0.2, -0.15) is 0 Å². The summed E-state index contributed by atoms with van der Waals surface area (Å²) in [6, 6.07) is -10.7. The summed E-state index contributed by atoms with van der Waals surface area (Å²) in [5, 5.41) is 24.7. The van der Waals surface area contributed by atoms with Crippen LogP contribution in [-0.2, 0) is 47.9 Å². The lowest BCUT2D eigenvalue weighted by Crippen LogP contribution is -2.61. The Morgan fingerprint density at radius 1 is 0.329 bits per heavy atom. The highest BCUT2D eigenvalue weighted by molar-refractivity contribution is 5.98. The monoisotopic (exact) mass is 1210 g/mol. The minimum Gasteiger partial charge on any atom is -0.370 e. The molecule has 0 radical (unpaired) electrons. The molecule has 0 saturated heterocycles. The second kappa shape index (κ2) is 42.8. The van der Waals surface area contributed by atoms with E-state index < -0.39 is 119 Å². The molecule has 29 nitrogen and oxygen atoms in total. The van der Waals surface area contributed by atoms with Crippen LogP contribution in [0.15, 0.2) is 9.98 Å². The second-order valence-corrected chi connectivity index (χ2v) is 23.7. The van der Waals surface area contributed by atoms with Crippen LogP contribution in [-0.4, -0.2) is 158 Å². The number of nitrogens with two attached hydrogens (primary N) is 8. The van der Waals surface area contributed by atoms with Crippen LogP contribution in [0, 0.1) is 29.6 Å². The van der Waals surface area contributed by atoms with E-state index in [4.69, 9.17) is 45.9 Å². The van der Waals surface area contributed by atoms with Crippen LogP contribution in [0.4, 0.5) is 0 Å². The van der Waals surface area contributed by atoms with E-state index in [0.29, 0.717) is 32.2 Å². The summed E-state index contributed by atoms with van der Waals surface area (Å²) >= 11 is 0. The standard InChI is InChI=1S/C56H109N19O10/c1-31(2)27-40(67-44(76)21-24-59)50(81)72-42(29-33(5)6)52(83)74-43(30-34(7)8)53(84)73-41(28-32(3)4)51(82)70-39(20-16-26-66-56(63)64)49(80)75-45(35(9)10)54(85)71-37(18-12-14-23-58)48(79)69-38(19-15-25-65-55(61)62)47(78)68-36(46(60)77)17-11-13-22-57/h31-43,45H,11-30,57-59H2,1-10H3,(H2,60,77)(H,67,76)(H,68,78)(H,69,79)(H,70,82)(H,71,85)(H,72,81)(H,73,84)(H,74,83)(H,75,80)(H4,61,62,65)(H4,63,64,66)/t36-,37-,38-,39-,40-,41-,42-,43-,45-/m0/s1. The first kappa shape index (κ1) is 78.1. The van der Waals surface area contributed by atoms with E-state index in [0.717, 1.165) is 0 Å². The van der Waals surface area contributed by atoms with Gasteiger partial charge in [0.25, 0.3) is 0 Å². The summed E-state index contributed by atoms with van der Waals surface area (Å²) in [4.78, 5) is 146. The number of guanidine groups is 2. The van der Waals surface area contributed by atoms with Gasteiger partial charge in [-0.05, 0) is 133 Å². The number of carbonyl (C=O) groups excluding carboxylic acids is 10. The van der Waals surface area contributed by atoms with Crippen LogP contribution < -0.4 is 93.7 Å². The first-order chi connectivity index (χ1) is 39.9. The van der Waals surface area contributed by atoms with Gasteiger partial charge in [-0.15, -0.1) is 0 Å². The van der Waals surface area contributed by atoms with Crippen LogP contribution in [0.25, 0.3) is 0 Å². The normalized spacial score (nSPS) is 14.5. The molecule has 0 aliphatic heterocycles. The molecule has 85 heavy (non-hydrogen) atoms. The highest BCUT2D eigenvalue weighted by Crippen LogP contribution is 2.15. The lowest BCUT2D eigenvalue weighted by molar-refractivity contribution is -0.136.